The Labute approximate surface area is 87.0 Å². The zero-order valence-corrected chi connectivity index (χ0v) is 9.57. The molecule has 0 aliphatic heterocycles. The van der Waals surface area contributed by atoms with Crippen LogP contribution in [0, 0.1) is 6.92 Å². The summed E-state index contributed by atoms with van der Waals surface area (Å²) in [6.45, 7) is 1.95. The molecule has 1 heterocycles. The van der Waals surface area contributed by atoms with Gasteiger partial charge in [0, 0.05) is 14.3 Å². The number of hydrogen-bond donors (Lipinski definition) is 0. The second kappa shape index (κ2) is 2.89. The molecule has 12 heavy (non-hydrogen) atoms. The molecule has 0 amide bonds. The second-order valence-corrected chi connectivity index (χ2v) is 4.37. The Bertz CT molecular complexity index is 392. The van der Waals surface area contributed by atoms with Crippen molar-refractivity contribution in [3.05, 3.63) is 32.9 Å². The number of halogens is 2. The molecule has 0 saturated heterocycles. The lowest BCUT2D eigenvalue weighted by Crippen LogP contribution is -1.68. The van der Waals surface area contributed by atoms with Gasteiger partial charge in [-0.1, -0.05) is 0 Å². The molecule has 2 aromatic rings. The third-order valence-electron chi connectivity index (χ3n) is 1.68. The largest absolute Gasteiger partial charge is 0.461 e. The normalized spacial score (nSPS) is 10.9. The number of rotatable bonds is 0. The van der Waals surface area contributed by atoms with Crippen molar-refractivity contribution in [1.29, 1.82) is 0 Å². The summed E-state index contributed by atoms with van der Waals surface area (Å²) in [5.41, 5.74) is 0.919. The van der Waals surface area contributed by atoms with Crippen molar-refractivity contribution >= 4 is 42.8 Å². The van der Waals surface area contributed by atoms with Gasteiger partial charge in [0.2, 0.25) is 0 Å². The van der Waals surface area contributed by atoms with E-state index in [0.29, 0.717) is 0 Å². The van der Waals surface area contributed by atoms with Crippen molar-refractivity contribution < 1.29 is 4.42 Å². The first-order chi connectivity index (χ1) is 5.66. The van der Waals surface area contributed by atoms with E-state index in [4.69, 9.17) is 4.42 Å². The highest BCUT2D eigenvalue weighted by Gasteiger charge is 2.03. The summed E-state index contributed by atoms with van der Waals surface area (Å²) in [6.07, 6.45) is 0. The average Bonchev–Trinajstić information content (AvgIpc) is 2.30. The lowest BCUT2D eigenvalue weighted by molar-refractivity contribution is 0.578. The second-order valence-electron chi connectivity index (χ2n) is 2.66. The maximum Gasteiger partial charge on any atom is 0.135 e. The molecule has 0 unspecified atom stereocenters. The van der Waals surface area contributed by atoms with Gasteiger partial charge in [-0.3, -0.25) is 0 Å². The summed E-state index contributed by atoms with van der Waals surface area (Å²) >= 11 is 6.86. The van der Waals surface area contributed by atoms with Crippen molar-refractivity contribution in [2.75, 3.05) is 0 Å². The van der Waals surface area contributed by atoms with Gasteiger partial charge >= 0.3 is 0 Å². The third-order valence-corrected chi connectivity index (χ3v) is 3.53. The van der Waals surface area contributed by atoms with E-state index >= 15 is 0 Å². The van der Waals surface area contributed by atoms with Crippen LogP contribution < -0.4 is 0 Å². The van der Waals surface area contributed by atoms with Crippen LogP contribution in [0.25, 0.3) is 11.0 Å². The van der Waals surface area contributed by atoms with E-state index < -0.39 is 0 Å². The Morgan fingerprint density at radius 1 is 1.08 bits per heavy atom. The highest BCUT2D eigenvalue weighted by atomic mass is 79.9. The van der Waals surface area contributed by atoms with E-state index in [-0.39, 0.29) is 0 Å². The molecule has 0 spiro atoms. The van der Waals surface area contributed by atoms with E-state index in [1.165, 1.54) is 0 Å². The van der Waals surface area contributed by atoms with Gasteiger partial charge in [0.15, 0.2) is 0 Å². The first kappa shape index (κ1) is 8.32. The van der Waals surface area contributed by atoms with Gasteiger partial charge in [0.1, 0.15) is 11.3 Å². The topological polar surface area (TPSA) is 13.1 Å². The molecule has 0 bridgehead atoms. The summed E-state index contributed by atoms with van der Waals surface area (Å²) in [5, 5.41) is 1.13. The molecule has 1 nitrogen and oxygen atoms in total. The Morgan fingerprint density at radius 3 is 2.50 bits per heavy atom. The number of fused-ring (bicyclic) bond motifs is 1. The quantitative estimate of drug-likeness (QED) is 0.706. The van der Waals surface area contributed by atoms with Crippen LogP contribution in [-0.4, -0.2) is 0 Å². The minimum absolute atomic E-state index is 0.919. The monoisotopic (exact) mass is 288 g/mol. The summed E-state index contributed by atoms with van der Waals surface area (Å²) in [6, 6.07) is 6.02. The van der Waals surface area contributed by atoms with Crippen LogP contribution in [0.4, 0.5) is 0 Å². The first-order valence-electron chi connectivity index (χ1n) is 3.52. The Balaban J connectivity index is 2.83. The molecule has 0 N–H and O–H groups in total. The summed E-state index contributed by atoms with van der Waals surface area (Å²) in [7, 11) is 0. The van der Waals surface area contributed by atoms with Crippen LogP contribution in [0.15, 0.2) is 31.6 Å². The minimum Gasteiger partial charge on any atom is -0.461 e. The molecule has 0 atom stereocenters. The lowest BCUT2D eigenvalue weighted by atomic mass is 10.2. The van der Waals surface area contributed by atoms with Gasteiger partial charge in [-0.25, -0.2) is 0 Å². The molecule has 0 saturated carbocycles. The summed E-state index contributed by atoms with van der Waals surface area (Å²) < 4.78 is 7.52. The van der Waals surface area contributed by atoms with Gasteiger partial charge in [0.05, 0.1) is 0 Å². The number of hydrogen-bond acceptors (Lipinski definition) is 1. The standard InChI is InChI=1S/C9H6Br2O/c1-5-2-6-3-7(10)8(11)4-9(6)12-5/h2-4H,1H3. The van der Waals surface area contributed by atoms with Gasteiger partial charge in [-0.15, -0.1) is 0 Å². The number of aryl methyl sites for hydroxylation is 1. The van der Waals surface area contributed by atoms with E-state index in [0.717, 1.165) is 25.7 Å². The van der Waals surface area contributed by atoms with Gasteiger partial charge < -0.3 is 4.42 Å². The number of furan rings is 1. The van der Waals surface area contributed by atoms with Crippen LogP contribution in [0.1, 0.15) is 5.76 Å². The van der Waals surface area contributed by atoms with Crippen LogP contribution >= 0.6 is 31.9 Å². The van der Waals surface area contributed by atoms with Crippen molar-refractivity contribution in [2.24, 2.45) is 0 Å². The molecule has 0 fully saturated rings. The minimum atomic E-state index is 0.919. The van der Waals surface area contributed by atoms with Gasteiger partial charge in [-0.05, 0) is 57.0 Å². The molecule has 0 radical (unpaired) electrons. The zero-order valence-electron chi connectivity index (χ0n) is 6.40. The maximum absolute atomic E-state index is 5.45. The fourth-order valence-corrected chi connectivity index (χ4v) is 1.85. The van der Waals surface area contributed by atoms with Crippen LogP contribution in [0.2, 0.25) is 0 Å². The van der Waals surface area contributed by atoms with Gasteiger partial charge in [0.25, 0.3) is 0 Å². The lowest BCUT2D eigenvalue weighted by Gasteiger charge is -1.93. The fraction of sp³-hybridized carbons (Fsp3) is 0.111. The van der Waals surface area contributed by atoms with E-state index in [2.05, 4.69) is 31.9 Å². The molecule has 0 aliphatic carbocycles. The predicted molar refractivity (Wildman–Crippen MR) is 56.4 cm³/mol. The van der Waals surface area contributed by atoms with Crippen molar-refractivity contribution in [2.45, 2.75) is 6.92 Å². The zero-order chi connectivity index (χ0) is 8.72. The third kappa shape index (κ3) is 1.31. The number of benzene rings is 1. The predicted octanol–water partition coefficient (Wildman–Crippen LogP) is 4.27. The molecule has 1 aromatic heterocycles. The van der Waals surface area contributed by atoms with E-state index in [1.54, 1.807) is 0 Å². The average molecular weight is 290 g/mol. The Kier molecular flexibility index (Phi) is 2.00. The summed E-state index contributed by atoms with van der Waals surface area (Å²) in [5.74, 6) is 0.940. The van der Waals surface area contributed by atoms with Crippen LogP contribution in [0.3, 0.4) is 0 Å². The van der Waals surface area contributed by atoms with Crippen molar-refractivity contribution in [3.8, 4) is 0 Å². The van der Waals surface area contributed by atoms with Gasteiger partial charge in [-0.2, -0.15) is 0 Å². The SMILES string of the molecule is Cc1cc2cc(Br)c(Br)cc2o1. The highest BCUT2D eigenvalue weighted by molar-refractivity contribution is 9.13. The maximum atomic E-state index is 5.45. The molecular formula is C9H6Br2O. The Hall–Kier alpha value is -0.280. The van der Waals surface area contributed by atoms with Crippen LogP contribution in [0.5, 0.6) is 0 Å². The first-order valence-corrected chi connectivity index (χ1v) is 5.10. The molecular weight excluding hydrogens is 284 g/mol. The van der Waals surface area contributed by atoms with Crippen molar-refractivity contribution in [3.63, 3.8) is 0 Å². The molecule has 1 aromatic carbocycles. The summed E-state index contributed by atoms with van der Waals surface area (Å²) in [4.78, 5) is 0. The smallest absolute Gasteiger partial charge is 0.135 e. The van der Waals surface area contributed by atoms with E-state index in [9.17, 15) is 0 Å². The Morgan fingerprint density at radius 2 is 1.75 bits per heavy atom. The van der Waals surface area contributed by atoms with E-state index in [1.807, 2.05) is 25.1 Å². The highest BCUT2D eigenvalue weighted by Crippen LogP contribution is 2.30. The molecule has 3 heteroatoms. The molecule has 62 valence electrons. The van der Waals surface area contributed by atoms with Crippen LogP contribution in [-0.2, 0) is 0 Å². The molecule has 0 aliphatic rings. The molecule has 2 rings (SSSR count). The van der Waals surface area contributed by atoms with Crippen molar-refractivity contribution in [1.82, 2.24) is 0 Å². The fourth-order valence-electron chi connectivity index (χ4n) is 1.17.